The van der Waals surface area contributed by atoms with Crippen LogP contribution >= 0.6 is 0 Å². The van der Waals surface area contributed by atoms with Crippen molar-refractivity contribution in [2.75, 3.05) is 6.54 Å². The van der Waals surface area contributed by atoms with Crippen LogP contribution in [0, 0.1) is 11.3 Å². The van der Waals surface area contributed by atoms with E-state index in [4.69, 9.17) is 5.26 Å². The van der Waals surface area contributed by atoms with Crippen LogP contribution in [0.15, 0.2) is 6.33 Å². The van der Waals surface area contributed by atoms with Crippen molar-refractivity contribution in [2.45, 2.75) is 25.4 Å². The Bertz CT molecular complexity index is 320. The Morgan fingerprint density at radius 2 is 2.54 bits per heavy atom. The van der Waals surface area contributed by atoms with Gasteiger partial charge in [0.15, 0.2) is 0 Å². The average molecular weight is 177 g/mol. The first-order chi connectivity index (χ1) is 6.38. The first kappa shape index (κ1) is 8.20. The summed E-state index contributed by atoms with van der Waals surface area (Å²) >= 11 is 0. The van der Waals surface area contributed by atoms with Crippen molar-refractivity contribution in [3.63, 3.8) is 0 Å². The quantitative estimate of drug-likeness (QED) is 0.697. The van der Waals surface area contributed by atoms with Crippen LogP contribution in [-0.4, -0.2) is 27.4 Å². The third-order valence-corrected chi connectivity index (χ3v) is 1.99. The fourth-order valence-electron chi connectivity index (χ4n) is 1.12. The Labute approximate surface area is 76.4 Å². The first-order valence-electron chi connectivity index (χ1n) is 4.41. The first-order valence-corrected chi connectivity index (χ1v) is 4.41. The zero-order valence-electron chi connectivity index (χ0n) is 7.27. The second kappa shape index (κ2) is 3.54. The molecule has 0 bridgehead atoms. The van der Waals surface area contributed by atoms with Crippen molar-refractivity contribution in [1.82, 2.24) is 20.1 Å². The highest BCUT2D eigenvalue weighted by Gasteiger charge is 2.19. The van der Waals surface area contributed by atoms with Crippen molar-refractivity contribution in [3.05, 3.63) is 12.2 Å². The lowest BCUT2D eigenvalue weighted by Gasteiger charge is -2.00. The molecule has 1 aliphatic rings. The molecule has 5 heteroatoms. The summed E-state index contributed by atoms with van der Waals surface area (Å²) in [5.74, 6) is 0.242. The smallest absolute Gasteiger partial charge is 0.252 e. The number of hydrogen-bond donors (Lipinski definition) is 1. The minimum absolute atomic E-state index is 0.242. The summed E-state index contributed by atoms with van der Waals surface area (Å²) in [6, 6.07) is 2.62. The van der Waals surface area contributed by atoms with E-state index >= 15 is 0 Å². The zero-order valence-corrected chi connectivity index (χ0v) is 7.27. The molecule has 0 aliphatic heterocycles. The molecular formula is C8H11N5. The second-order valence-electron chi connectivity index (χ2n) is 3.17. The van der Waals surface area contributed by atoms with Gasteiger partial charge in [-0.25, -0.2) is 4.98 Å². The van der Waals surface area contributed by atoms with Gasteiger partial charge in [0.1, 0.15) is 12.4 Å². The lowest BCUT2D eigenvalue weighted by Crippen LogP contribution is -2.22. The molecule has 1 aliphatic carbocycles. The summed E-state index contributed by atoms with van der Waals surface area (Å²) < 4.78 is 1.69. The summed E-state index contributed by atoms with van der Waals surface area (Å²) in [5, 5.41) is 15.8. The number of nitrogens with one attached hydrogen (secondary N) is 1. The standard InChI is InChI=1S/C8H11N5/c9-5-8-11-6-13(12-8)4-3-10-7-1-2-7/h6-7,10H,1-4H2. The fourth-order valence-corrected chi connectivity index (χ4v) is 1.12. The summed E-state index contributed by atoms with van der Waals surface area (Å²) in [5.41, 5.74) is 0. The highest BCUT2D eigenvalue weighted by Crippen LogP contribution is 2.17. The molecule has 1 heterocycles. The van der Waals surface area contributed by atoms with E-state index in [2.05, 4.69) is 15.4 Å². The monoisotopic (exact) mass is 177 g/mol. The van der Waals surface area contributed by atoms with Gasteiger partial charge in [-0.1, -0.05) is 0 Å². The Balaban J connectivity index is 1.76. The van der Waals surface area contributed by atoms with Gasteiger partial charge >= 0.3 is 0 Å². The van der Waals surface area contributed by atoms with Crippen molar-refractivity contribution >= 4 is 0 Å². The molecule has 0 spiro atoms. The lowest BCUT2D eigenvalue weighted by molar-refractivity contribution is 0.551. The number of nitriles is 1. The number of aromatic nitrogens is 3. The van der Waals surface area contributed by atoms with E-state index in [1.807, 2.05) is 6.07 Å². The lowest BCUT2D eigenvalue weighted by atomic mass is 10.6. The van der Waals surface area contributed by atoms with Crippen molar-refractivity contribution in [1.29, 1.82) is 5.26 Å². The Morgan fingerprint density at radius 3 is 3.15 bits per heavy atom. The van der Waals surface area contributed by atoms with Gasteiger partial charge in [-0.05, 0) is 12.8 Å². The normalized spacial score (nSPS) is 15.6. The Kier molecular flexibility index (Phi) is 2.23. The maximum atomic E-state index is 8.47. The van der Waals surface area contributed by atoms with E-state index < -0.39 is 0 Å². The van der Waals surface area contributed by atoms with E-state index in [1.54, 1.807) is 11.0 Å². The van der Waals surface area contributed by atoms with E-state index in [9.17, 15) is 0 Å². The summed E-state index contributed by atoms with van der Waals surface area (Å²) in [6.07, 6.45) is 4.18. The van der Waals surface area contributed by atoms with E-state index in [0.717, 1.165) is 19.1 Å². The van der Waals surface area contributed by atoms with Crippen LogP contribution in [0.25, 0.3) is 0 Å². The van der Waals surface area contributed by atoms with Gasteiger partial charge in [0.05, 0.1) is 6.54 Å². The third kappa shape index (κ3) is 2.26. The van der Waals surface area contributed by atoms with Crippen LogP contribution in [0.4, 0.5) is 0 Å². The molecule has 1 saturated carbocycles. The maximum Gasteiger partial charge on any atom is 0.252 e. The van der Waals surface area contributed by atoms with Gasteiger partial charge in [-0.3, -0.25) is 4.68 Å². The summed E-state index contributed by atoms with van der Waals surface area (Å²) in [6.45, 7) is 1.68. The molecule has 1 aromatic heterocycles. The Hall–Kier alpha value is -1.41. The number of nitrogens with zero attached hydrogens (tertiary/aromatic N) is 4. The molecule has 0 aromatic carbocycles. The number of rotatable bonds is 4. The predicted octanol–water partition coefficient (Wildman–Crippen LogP) is -0.0982. The topological polar surface area (TPSA) is 66.5 Å². The third-order valence-electron chi connectivity index (χ3n) is 1.99. The van der Waals surface area contributed by atoms with Gasteiger partial charge in [0, 0.05) is 12.6 Å². The van der Waals surface area contributed by atoms with Crippen LogP contribution in [0.5, 0.6) is 0 Å². The molecule has 68 valence electrons. The second-order valence-corrected chi connectivity index (χ2v) is 3.17. The molecule has 2 rings (SSSR count). The molecule has 13 heavy (non-hydrogen) atoms. The van der Waals surface area contributed by atoms with Crippen LogP contribution in [0.2, 0.25) is 0 Å². The molecule has 0 saturated heterocycles. The molecular weight excluding hydrogens is 166 g/mol. The molecule has 0 atom stereocenters. The molecule has 5 nitrogen and oxygen atoms in total. The van der Waals surface area contributed by atoms with Crippen LogP contribution in [0.1, 0.15) is 18.7 Å². The molecule has 1 N–H and O–H groups in total. The minimum atomic E-state index is 0.242. The van der Waals surface area contributed by atoms with Gasteiger partial charge in [-0.2, -0.15) is 5.26 Å². The SMILES string of the molecule is N#Cc1ncn(CCNC2CC2)n1. The molecule has 1 aromatic rings. The van der Waals surface area contributed by atoms with E-state index in [-0.39, 0.29) is 5.82 Å². The Morgan fingerprint density at radius 1 is 1.69 bits per heavy atom. The number of hydrogen-bond acceptors (Lipinski definition) is 4. The molecule has 0 amide bonds. The van der Waals surface area contributed by atoms with Gasteiger partial charge in [0.2, 0.25) is 0 Å². The largest absolute Gasteiger partial charge is 0.312 e. The van der Waals surface area contributed by atoms with Crippen LogP contribution < -0.4 is 5.32 Å². The maximum absolute atomic E-state index is 8.47. The summed E-state index contributed by atoms with van der Waals surface area (Å²) in [7, 11) is 0. The fraction of sp³-hybridized carbons (Fsp3) is 0.625. The highest BCUT2D eigenvalue weighted by molar-refractivity contribution is 5.05. The van der Waals surface area contributed by atoms with Crippen LogP contribution in [-0.2, 0) is 6.54 Å². The molecule has 0 radical (unpaired) electrons. The van der Waals surface area contributed by atoms with Gasteiger partial charge < -0.3 is 5.32 Å². The van der Waals surface area contributed by atoms with Gasteiger partial charge in [-0.15, -0.1) is 5.10 Å². The average Bonchev–Trinajstić information content (AvgIpc) is 2.84. The van der Waals surface area contributed by atoms with Crippen molar-refractivity contribution in [3.8, 4) is 6.07 Å². The zero-order chi connectivity index (χ0) is 9.10. The highest BCUT2D eigenvalue weighted by atomic mass is 15.3. The van der Waals surface area contributed by atoms with E-state index in [1.165, 1.54) is 12.8 Å². The van der Waals surface area contributed by atoms with E-state index in [0.29, 0.717) is 0 Å². The van der Waals surface area contributed by atoms with Crippen molar-refractivity contribution < 1.29 is 0 Å². The predicted molar refractivity (Wildman–Crippen MR) is 45.8 cm³/mol. The molecule has 0 unspecified atom stereocenters. The summed E-state index contributed by atoms with van der Waals surface area (Å²) in [4.78, 5) is 3.81. The molecule has 1 fully saturated rings. The van der Waals surface area contributed by atoms with Gasteiger partial charge in [0.25, 0.3) is 5.82 Å². The van der Waals surface area contributed by atoms with Crippen LogP contribution in [0.3, 0.4) is 0 Å². The minimum Gasteiger partial charge on any atom is -0.312 e. The van der Waals surface area contributed by atoms with Crippen molar-refractivity contribution in [2.24, 2.45) is 0 Å².